The lowest BCUT2D eigenvalue weighted by molar-refractivity contribution is 0.0776. The second-order valence-corrected chi connectivity index (χ2v) is 9.57. The van der Waals surface area contributed by atoms with Gasteiger partial charge in [-0.25, -0.2) is 18.2 Å². The van der Waals surface area contributed by atoms with Crippen LogP contribution in [-0.2, 0) is 4.74 Å². The molecule has 1 aliphatic rings. The zero-order valence-corrected chi connectivity index (χ0v) is 21.5. The fourth-order valence-electron chi connectivity index (χ4n) is 4.02. The monoisotopic (exact) mass is 559 g/mol. The van der Waals surface area contributed by atoms with E-state index in [1.165, 1.54) is 30.8 Å². The molecule has 1 aliphatic heterocycles. The van der Waals surface area contributed by atoms with Crippen LogP contribution in [0, 0.1) is 11.7 Å². The third-order valence-corrected chi connectivity index (χ3v) is 7.06. The van der Waals surface area contributed by atoms with Gasteiger partial charge in [-0.1, -0.05) is 17.7 Å². The van der Waals surface area contributed by atoms with Gasteiger partial charge in [0.1, 0.15) is 11.5 Å². The van der Waals surface area contributed by atoms with Crippen molar-refractivity contribution >= 4 is 41.5 Å². The number of hydrogen-bond donors (Lipinski definition) is 1. The molecule has 1 aromatic heterocycles. The van der Waals surface area contributed by atoms with Gasteiger partial charge in [-0.05, 0) is 50.7 Å². The molecule has 1 unspecified atom stereocenters. The first-order valence-corrected chi connectivity index (χ1v) is 12.6. The summed E-state index contributed by atoms with van der Waals surface area (Å²) in [6.07, 6.45) is -0.261. The number of aromatic nitrogens is 1. The van der Waals surface area contributed by atoms with E-state index in [1.54, 1.807) is 0 Å². The summed E-state index contributed by atoms with van der Waals surface area (Å²) in [7, 11) is 0. The summed E-state index contributed by atoms with van der Waals surface area (Å²) in [4.78, 5) is 26.0. The average Bonchev–Trinajstić information content (AvgIpc) is 3.33. The molecule has 2 aromatic rings. The van der Waals surface area contributed by atoms with Gasteiger partial charge in [0, 0.05) is 13.5 Å². The molecule has 0 spiro atoms. The summed E-state index contributed by atoms with van der Waals surface area (Å²) < 4.78 is 60.2. The standard InChI is InChI=1S/C24H26ClF4N5O2S/c1-14(26)33-19(11-30-2)36-12-15-6-8-34(9-7-15)18(22-21(23(28)29)32-13-37-22)10-31-24(35)20-16(25)4-3-5-17(20)27/h3-5,11,13,15,18,23H,2,6-10,12H2,1H3,(H,31,35)/b19-11+,33-14?. The van der Waals surface area contributed by atoms with Gasteiger partial charge in [-0.2, -0.15) is 9.38 Å². The first-order chi connectivity index (χ1) is 17.7. The zero-order valence-electron chi connectivity index (χ0n) is 20.0. The van der Waals surface area contributed by atoms with Crippen LogP contribution < -0.4 is 5.32 Å². The highest BCUT2D eigenvalue weighted by atomic mass is 35.5. The van der Waals surface area contributed by atoms with E-state index in [1.807, 2.05) is 4.90 Å². The Bertz CT molecular complexity index is 1130. The van der Waals surface area contributed by atoms with Gasteiger partial charge < -0.3 is 10.1 Å². The van der Waals surface area contributed by atoms with E-state index in [4.69, 9.17) is 16.3 Å². The highest BCUT2D eigenvalue weighted by Crippen LogP contribution is 2.35. The Morgan fingerprint density at radius 1 is 1.41 bits per heavy atom. The van der Waals surface area contributed by atoms with Crippen LogP contribution in [0.15, 0.2) is 45.8 Å². The first kappa shape index (κ1) is 28.7. The number of carbonyl (C=O) groups is 1. The van der Waals surface area contributed by atoms with E-state index in [2.05, 4.69) is 27.0 Å². The van der Waals surface area contributed by atoms with Crippen molar-refractivity contribution in [2.45, 2.75) is 32.2 Å². The number of piperidine rings is 1. The van der Waals surface area contributed by atoms with Crippen LogP contribution in [0.4, 0.5) is 17.6 Å². The van der Waals surface area contributed by atoms with Gasteiger partial charge >= 0.3 is 0 Å². The van der Waals surface area contributed by atoms with Crippen molar-refractivity contribution in [2.75, 3.05) is 26.2 Å². The molecule has 1 atom stereocenters. The van der Waals surface area contributed by atoms with Crippen molar-refractivity contribution in [1.29, 1.82) is 0 Å². The Hall–Kier alpha value is -2.83. The number of alkyl halides is 2. The van der Waals surface area contributed by atoms with Crippen LogP contribution >= 0.6 is 22.9 Å². The highest BCUT2D eigenvalue weighted by molar-refractivity contribution is 7.09. The van der Waals surface area contributed by atoms with Crippen molar-refractivity contribution in [3.05, 3.63) is 62.8 Å². The Morgan fingerprint density at radius 2 is 2.14 bits per heavy atom. The fourth-order valence-corrected chi connectivity index (χ4v) is 5.20. The van der Waals surface area contributed by atoms with Crippen LogP contribution in [0.3, 0.4) is 0 Å². The zero-order chi connectivity index (χ0) is 26.9. The van der Waals surface area contributed by atoms with Gasteiger partial charge in [0.25, 0.3) is 12.3 Å². The topological polar surface area (TPSA) is 79.2 Å². The number of halogens is 5. The molecular formula is C24H26ClF4N5O2S. The molecule has 1 N–H and O–H groups in total. The number of carbonyl (C=O) groups excluding carboxylic acids is 1. The van der Waals surface area contributed by atoms with Gasteiger partial charge in [-0.3, -0.25) is 14.7 Å². The van der Waals surface area contributed by atoms with E-state index in [0.717, 1.165) is 17.4 Å². The number of nitrogens with one attached hydrogen (secondary N) is 1. The van der Waals surface area contributed by atoms with Gasteiger partial charge in [0.2, 0.25) is 5.88 Å². The van der Waals surface area contributed by atoms with Crippen molar-refractivity contribution < 1.29 is 27.1 Å². The molecule has 1 amide bonds. The van der Waals surface area contributed by atoms with E-state index < -0.39 is 30.2 Å². The number of hydrogen-bond acceptors (Lipinski definition) is 7. The third kappa shape index (κ3) is 7.83. The molecule has 0 aliphatic carbocycles. The van der Waals surface area contributed by atoms with Crippen LogP contribution in [0.5, 0.6) is 0 Å². The lowest BCUT2D eigenvalue weighted by Gasteiger charge is -2.37. The summed E-state index contributed by atoms with van der Waals surface area (Å²) in [5.41, 5.74) is 0.695. The summed E-state index contributed by atoms with van der Waals surface area (Å²) in [6.45, 7) is 5.75. The minimum absolute atomic E-state index is 0.0102. The quantitative estimate of drug-likeness (QED) is 0.209. The minimum atomic E-state index is -2.78. The number of likely N-dealkylation sites (tertiary alicyclic amines) is 1. The summed E-state index contributed by atoms with van der Waals surface area (Å²) in [6, 6.07) is 3.30. The molecule has 1 fully saturated rings. The van der Waals surface area contributed by atoms with Crippen LogP contribution in [0.2, 0.25) is 5.02 Å². The minimum Gasteiger partial charge on any atom is -0.476 e. The lowest BCUT2D eigenvalue weighted by Crippen LogP contribution is -2.43. The maximum atomic E-state index is 14.2. The van der Waals surface area contributed by atoms with Crippen molar-refractivity contribution in [2.24, 2.45) is 15.9 Å². The fraction of sp³-hybridized carbons (Fsp3) is 0.417. The molecule has 3 rings (SSSR count). The number of thiazole rings is 1. The van der Waals surface area contributed by atoms with Crippen LogP contribution in [0.1, 0.15) is 53.2 Å². The van der Waals surface area contributed by atoms with E-state index >= 15 is 0 Å². The predicted octanol–water partition coefficient (Wildman–Crippen LogP) is 5.96. The summed E-state index contributed by atoms with van der Waals surface area (Å²) in [5, 5.41) is 2.60. The molecule has 7 nitrogen and oxygen atoms in total. The van der Waals surface area contributed by atoms with Crippen molar-refractivity contribution in [1.82, 2.24) is 15.2 Å². The number of benzene rings is 1. The van der Waals surface area contributed by atoms with E-state index in [0.29, 0.717) is 30.8 Å². The van der Waals surface area contributed by atoms with Gasteiger partial charge in [-0.15, -0.1) is 11.3 Å². The van der Waals surface area contributed by atoms with Crippen LogP contribution in [-0.4, -0.2) is 54.7 Å². The highest BCUT2D eigenvalue weighted by Gasteiger charge is 2.32. The Balaban J connectivity index is 1.70. The number of nitrogens with zero attached hydrogens (tertiary/aromatic N) is 4. The molecule has 0 radical (unpaired) electrons. The molecule has 0 saturated carbocycles. The summed E-state index contributed by atoms with van der Waals surface area (Å²) in [5.74, 6) is -2.08. The van der Waals surface area contributed by atoms with Gasteiger partial charge in [0.15, 0.2) is 5.97 Å². The molecule has 200 valence electrons. The predicted molar refractivity (Wildman–Crippen MR) is 136 cm³/mol. The number of rotatable bonds is 11. The number of ether oxygens (including phenoxy) is 1. The first-order valence-electron chi connectivity index (χ1n) is 11.4. The summed E-state index contributed by atoms with van der Waals surface area (Å²) >= 11 is 7.07. The second kappa shape index (κ2) is 13.6. The maximum absolute atomic E-state index is 14.2. The molecule has 1 aromatic carbocycles. The van der Waals surface area contributed by atoms with Crippen molar-refractivity contribution in [3.63, 3.8) is 0 Å². The SMILES string of the molecule is C=N/C=C(\N=C(C)F)OCC1CCN(C(CNC(=O)c2c(F)cccc2Cl)c2scnc2C(F)F)CC1. The van der Waals surface area contributed by atoms with Gasteiger partial charge in [0.05, 0.1) is 39.8 Å². The Morgan fingerprint density at radius 3 is 2.76 bits per heavy atom. The third-order valence-electron chi connectivity index (χ3n) is 5.80. The van der Waals surface area contributed by atoms with E-state index in [-0.39, 0.29) is 41.2 Å². The van der Waals surface area contributed by atoms with Crippen LogP contribution in [0.25, 0.3) is 0 Å². The molecule has 1 saturated heterocycles. The van der Waals surface area contributed by atoms with Crippen molar-refractivity contribution in [3.8, 4) is 0 Å². The largest absolute Gasteiger partial charge is 0.476 e. The molecule has 13 heteroatoms. The second-order valence-electron chi connectivity index (χ2n) is 8.27. The normalized spacial score (nSPS) is 16.6. The molecule has 2 heterocycles. The Kier molecular flexibility index (Phi) is 10.6. The molecule has 37 heavy (non-hydrogen) atoms. The number of amides is 1. The molecule has 0 bridgehead atoms. The number of aliphatic imine (C=N–C) groups is 2. The molecular weight excluding hydrogens is 534 g/mol. The average molecular weight is 560 g/mol. The van der Waals surface area contributed by atoms with E-state index in [9.17, 15) is 22.4 Å². The lowest BCUT2D eigenvalue weighted by atomic mass is 9.96. The smallest absolute Gasteiger partial charge is 0.281 e. The maximum Gasteiger partial charge on any atom is 0.281 e. The Labute approximate surface area is 220 Å².